The van der Waals surface area contributed by atoms with Gasteiger partial charge >= 0.3 is 0 Å². The van der Waals surface area contributed by atoms with Gasteiger partial charge in [-0.2, -0.15) is 5.26 Å². The smallest absolute Gasteiger partial charge is 0.270 e. The summed E-state index contributed by atoms with van der Waals surface area (Å²) in [5, 5.41) is 17.5. The molecule has 1 heterocycles. The first-order valence-corrected chi connectivity index (χ1v) is 13.2. The van der Waals surface area contributed by atoms with Gasteiger partial charge in [0, 0.05) is 48.5 Å². The number of hydrogen-bond donors (Lipinski definition) is 2. The Hall–Kier alpha value is -4.00. The van der Waals surface area contributed by atoms with E-state index in [9.17, 15) is 10.1 Å². The molecular formula is C30H36N6O3. The molecule has 0 spiro atoms. The first-order valence-electron chi connectivity index (χ1n) is 13.2. The van der Waals surface area contributed by atoms with Crippen LogP contribution in [-0.4, -0.2) is 73.8 Å². The topological polar surface area (TPSA) is 112 Å². The zero-order chi connectivity index (χ0) is 27.8. The number of nitrogens with one attached hydrogen (secondary N) is 2. The van der Waals surface area contributed by atoms with Crippen LogP contribution < -0.4 is 15.4 Å². The second-order valence-electron chi connectivity index (χ2n) is 9.99. The Morgan fingerprint density at radius 3 is 2.64 bits per heavy atom. The maximum atomic E-state index is 13.0. The number of rotatable bonds is 11. The van der Waals surface area contributed by atoms with E-state index in [1.807, 2.05) is 30.3 Å². The van der Waals surface area contributed by atoms with Crippen molar-refractivity contribution in [3.05, 3.63) is 60.4 Å². The molecule has 39 heavy (non-hydrogen) atoms. The fraction of sp³-hybridized carbons (Fsp3) is 0.400. The highest BCUT2D eigenvalue weighted by Gasteiger charge is 2.24. The molecule has 9 heteroatoms. The van der Waals surface area contributed by atoms with Crippen LogP contribution in [0.15, 0.2) is 54.7 Å². The Morgan fingerprint density at radius 2 is 1.92 bits per heavy atom. The second kappa shape index (κ2) is 13.2. The Kier molecular flexibility index (Phi) is 9.47. The van der Waals surface area contributed by atoms with E-state index < -0.39 is 0 Å². The fourth-order valence-electron chi connectivity index (χ4n) is 4.83. The van der Waals surface area contributed by atoms with Crippen LogP contribution in [0.1, 0.15) is 36.2 Å². The summed E-state index contributed by atoms with van der Waals surface area (Å²) in [7, 11) is 5.84. The maximum absolute atomic E-state index is 13.0. The van der Waals surface area contributed by atoms with Crippen molar-refractivity contribution in [2.75, 3.05) is 46.3 Å². The zero-order valence-corrected chi connectivity index (χ0v) is 22.9. The number of nitriles is 1. The molecule has 0 aliphatic heterocycles. The van der Waals surface area contributed by atoms with E-state index in [0.29, 0.717) is 42.1 Å². The number of carbonyl (C=O) groups excluding carboxylic acids is 1. The summed E-state index contributed by atoms with van der Waals surface area (Å²) in [6.45, 7) is 4.88. The predicted octanol–water partition coefficient (Wildman–Crippen LogP) is 4.42. The first-order chi connectivity index (χ1) is 18.9. The summed E-state index contributed by atoms with van der Waals surface area (Å²) in [5.74, 6) is 0.915. The Bertz CT molecular complexity index is 1360. The van der Waals surface area contributed by atoms with Crippen molar-refractivity contribution in [3.63, 3.8) is 0 Å². The summed E-state index contributed by atoms with van der Waals surface area (Å²) >= 11 is 0. The van der Waals surface area contributed by atoms with Crippen LogP contribution in [0.2, 0.25) is 0 Å². The number of anilines is 1. The van der Waals surface area contributed by atoms with Crippen molar-refractivity contribution in [1.29, 1.82) is 5.26 Å². The quantitative estimate of drug-likeness (QED) is 0.278. The van der Waals surface area contributed by atoms with Crippen molar-refractivity contribution in [2.24, 2.45) is 0 Å². The minimum atomic E-state index is -0.182. The molecule has 204 valence electrons. The molecule has 1 saturated carbocycles. The fourth-order valence-corrected chi connectivity index (χ4v) is 4.83. The molecule has 0 bridgehead atoms. The zero-order valence-electron chi connectivity index (χ0n) is 22.9. The van der Waals surface area contributed by atoms with E-state index in [1.165, 1.54) is 0 Å². The van der Waals surface area contributed by atoms with Gasteiger partial charge in [-0.05, 0) is 63.4 Å². The number of nitrogens with zero attached hydrogens (tertiary/aromatic N) is 4. The van der Waals surface area contributed by atoms with Crippen molar-refractivity contribution < 1.29 is 14.3 Å². The summed E-state index contributed by atoms with van der Waals surface area (Å²) in [6.07, 6.45) is 5.67. The number of fused-ring (bicyclic) bond motifs is 1. The standard InChI is InChI=1S/C30H36N6O3/c1-20(18-31)19-33-28-25-17-22(6-5-21(25)7-12-27(28)39-16-15-38-4)29-32-14-13-26(35-29)30(37)34-23-8-10-24(11-9-23)36(2)3/h5-7,12-14,17,23-24,33H,1,8-11,15-16,19H2,2-4H3,(H,34,37)/t23-,24+. The SMILES string of the molecule is C=C(C#N)CNc1c(OCCOC)ccc2ccc(-c3nccc(C(=O)N[C@H]4CC[C@@H](N(C)C)CC4)n3)cc12. The van der Waals surface area contributed by atoms with Gasteiger partial charge in [-0.25, -0.2) is 9.97 Å². The normalized spacial score (nSPS) is 17.0. The Labute approximate surface area is 229 Å². The average molecular weight is 529 g/mol. The molecule has 1 amide bonds. The lowest BCUT2D eigenvalue weighted by Crippen LogP contribution is -2.42. The lowest BCUT2D eigenvalue weighted by Gasteiger charge is -2.32. The number of hydrogen-bond acceptors (Lipinski definition) is 8. The van der Waals surface area contributed by atoms with Gasteiger partial charge in [0.25, 0.3) is 5.91 Å². The van der Waals surface area contributed by atoms with Crippen molar-refractivity contribution in [3.8, 4) is 23.2 Å². The van der Waals surface area contributed by atoms with Crippen LogP contribution in [-0.2, 0) is 4.74 Å². The molecule has 0 saturated heterocycles. The third-order valence-electron chi connectivity index (χ3n) is 7.07. The highest BCUT2D eigenvalue weighted by Crippen LogP contribution is 2.35. The number of carbonyl (C=O) groups is 1. The number of benzene rings is 2. The Balaban J connectivity index is 1.58. The van der Waals surface area contributed by atoms with E-state index >= 15 is 0 Å². The molecule has 0 atom stereocenters. The number of ether oxygens (including phenoxy) is 2. The van der Waals surface area contributed by atoms with Crippen molar-refractivity contribution in [2.45, 2.75) is 37.8 Å². The summed E-state index contributed by atoms with van der Waals surface area (Å²) in [5.41, 5.74) is 2.25. The summed E-state index contributed by atoms with van der Waals surface area (Å²) in [4.78, 5) is 24.4. The largest absolute Gasteiger partial charge is 0.489 e. The molecule has 4 rings (SSSR count). The van der Waals surface area contributed by atoms with Gasteiger partial charge in [0.1, 0.15) is 18.1 Å². The summed E-state index contributed by atoms with van der Waals surface area (Å²) < 4.78 is 11.1. The lowest BCUT2D eigenvalue weighted by atomic mass is 9.90. The van der Waals surface area contributed by atoms with Crippen LogP contribution >= 0.6 is 0 Å². The van der Waals surface area contributed by atoms with Crippen LogP contribution in [0.4, 0.5) is 5.69 Å². The summed E-state index contributed by atoms with van der Waals surface area (Å²) in [6, 6.07) is 14.2. The minimum absolute atomic E-state index is 0.154. The highest BCUT2D eigenvalue weighted by molar-refractivity contribution is 5.99. The number of aromatic nitrogens is 2. The lowest BCUT2D eigenvalue weighted by molar-refractivity contribution is 0.0911. The van der Waals surface area contributed by atoms with Crippen molar-refractivity contribution in [1.82, 2.24) is 20.2 Å². The van der Waals surface area contributed by atoms with Crippen LogP contribution in [0.25, 0.3) is 22.2 Å². The molecule has 1 aromatic heterocycles. The van der Waals surface area contributed by atoms with Crippen LogP contribution in [0.5, 0.6) is 5.75 Å². The van der Waals surface area contributed by atoms with E-state index in [2.05, 4.69) is 52.2 Å². The molecule has 1 aliphatic carbocycles. The average Bonchev–Trinajstić information content (AvgIpc) is 2.96. The van der Waals surface area contributed by atoms with Gasteiger partial charge in [-0.15, -0.1) is 0 Å². The van der Waals surface area contributed by atoms with Crippen molar-refractivity contribution >= 4 is 22.4 Å². The molecule has 1 aliphatic rings. The van der Waals surface area contributed by atoms with E-state index in [0.717, 1.165) is 47.7 Å². The maximum Gasteiger partial charge on any atom is 0.270 e. The van der Waals surface area contributed by atoms with E-state index in [-0.39, 0.29) is 18.5 Å². The Morgan fingerprint density at radius 1 is 1.15 bits per heavy atom. The molecule has 1 fully saturated rings. The number of methoxy groups -OCH3 is 1. The van der Waals surface area contributed by atoms with Gasteiger partial charge in [-0.3, -0.25) is 4.79 Å². The molecule has 2 aromatic carbocycles. The molecule has 2 N–H and O–H groups in total. The first kappa shape index (κ1) is 28.0. The van der Waals surface area contributed by atoms with Crippen LogP contribution in [0, 0.1) is 11.3 Å². The molecular weight excluding hydrogens is 492 g/mol. The van der Waals surface area contributed by atoms with Gasteiger partial charge in [0.2, 0.25) is 0 Å². The van der Waals surface area contributed by atoms with E-state index in [1.54, 1.807) is 19.4 Å². The highest BCUT2D eigenvalue weighted by atomic mass is 16.5. The van der Waals surface area contributed by atoms with E-state index in [4.69, 9.17) is 9.47 Å². The van der Waals surface area contributed by atoms with Gasteiger partial charge in [0.15, 0.2) is 5.82 Å². The predicted molar refractivity (Wildman–Crippen MR) is 153 cm³/mol. The van der Waals surface area contributed by atoms with Crippen LogP contribution in [0.3, 0.4) is 0 Å². The third-order valence-corrected chi connectivity index (χ3v) is 7.07. The third kappa shape index (κ3) is 7.11. The monoisotopic (exact) mass is 528 g/mol. The molecule has 0 radical (unpaired) electrons. The second-order valence-corrected chi connectivity index (χ2v) is 9.99. The molecule has 0 unspecified atom stereocenters. The molecule has 3 aromatic rings. The van der Waals surface area contributed by atoms with Gasteiger partial charge in [0.05, 0.1) is 18.4 Å². The molecule has 9 nitrogen and oxygen atoms in total. The minimum Gasteiger partial charge on any atom is -0.489 e. The van der Waals surface area contributed by atoms with Gasteiger partial charge in [-0.1, -0.05) is 24.8 Å². The van der Waals surface area contributed by atoms with Gasteiger partial charge < -0.3 is 25.0 Å². The number of amides is 1.